The third-order valence-electron chi connectivity index (χ3n) is 1.03. The summed E-state index contributed by atoms with van der Waals surface area (Å²) in [6.07, 6.45) is 2.08. The first-order chi connectivity index (χ1) is 4.84. The SMILES string of the molecule is COC(O)c1ncccn1. The topological polar surface area (TPSA) is 55.2 Å². The third kappa shape index (κ3) is 1.49. The first-order valence-corrected chi connectivity index (χ1v) is 2.82. The van der Waals surface area contributed by atoms with E-state index in [1.165, 1.54) is 7.11 Å². The van der Waals surface area contributed by atoms with E-state index in [1.54, 1.807) is 18.5 Å². The molecule has 54 valence electrons. The molecule has 0 aromatic carbocycles. The second-order valence-electron chi connectivity index (χ2n) is 1.70. The van der Waals surface area contributed by atoms with Crippen molar-refractivity contribution >= 4 is 0 Å². The summed E-state index contributed by atoms with van der Waals surface area (Å²) in [6.45, 7) is 0. The number of aliphatic hydroxyl groups excluding tert-OH is 1. The number of hydrogen-bond acceptors (Lipinski definition) is 4. The Morgan fingerprint density at radius 3 is 2.60 bits per heavy atom. The molecule has 0 amide bonds. The van der Waals surface area contributed by atoms with Crippen LogP contribution in [0, 0.1) is 0 Å². The van der Waals surface area contributed by atoms with Gasteiger partial charge in [-0.2, -0.15) is 0 Å². The lowest BCUT2D eigenvalue weighted by atomic mass is 10.5. The molecule has 1 aromatic rings. The van der Waals surface area contributed by atoms with E-state index in [2.05, 4.69) is 14.7 Å². The molecule has 0 aliphatic rings. The highest BCUT2D eigenvalue weighted by Gasteiger charge is 2.05. The molecular formula is C6H8N2O2. The van der Waals surface area contributed by atoms with Crippen molar-refractivity contribution in [2.24, 2.45) is 0 Å². The third-order valence-corrected chi connectivity index (χ3v) is 1.03. The Bertz CT molecular complexity index is 190. The molecule has 1 N–H and O–H groups in total. The van der Waals surface area contributed by atoms with Crippen molar-refractivity contribution < 1.29 is 9.84 Å². The van der Waals surface area contributed by atoms with Crippen LogP contribution in [0.25, 0.3) is 0 Å². The van der Waals surface area contributed by atoms with Crippen LogP contribution in [0.2, 0.25) is 0 Å². The lowest BCUT2D eigenvalue weighted by Gasteiger charge is -2.03. The quantitative estimate of drug-likeness (QED) is 0.592. The highest BCUT2D eigenvalue weighted by molar-refractivity contribution is 4.88. The van der Waals surface area contributed by atoms with Crippen molar-refractivity contribution in [3.05, 3.63) is 24.3 Å². The van der Waals surface area contributed by atoms with Gasteiger partial charge >= 0.3 is 0 Å². The zero-order chi connectivity index (χ0) is 7.40. The van der Waals surface area contributed by atoms with Gasteiger partial charge in [-0.25, -0.2) is 9.97 Å². The number of ether oxygens (including phenoxy) is 1. The molecule has 0 spiro atoms. The molecule has 0 aliphatic carbocycles. The number of hydrogen-bond donors (Lipinski definition) is 1. The van der Waals surface area contributed by atoms with E-state index in [0.29, 0.717) is 0 Å². The number of rotatable bonds is 2. The average Bonchev–Trinajstić information content (AvgIpc) is 2.05. The van der Waals surface area contributed by atoms with Crippen LogP contribution in [0.4, 0.5) is 0 Å². The summed E-state index contributed by atoms with van der Waals surface area (Å²) in [6, 6.07) is 1.67. The first-order valence-electron chi connectivity index (χ1n) is 2.82. The zero-order valence-electron chi connectivity index (χ0n) is 5.56. The van der Waals surface area contributed by atoms with Crippen LogP contribution in [0.15, 0.2) is 18.5 Å². The number of nitrogens with zero attached hydrogens (tertiary/aromatic N) is 2. The Balaban J connectivity index is 2.75. The molecule has 1 unspecified atom stereocenters. The predicted octanol–water partition coefficient (Wildman–Crippen LogP) is 0.114. The summed E-state index contributed by atoms with van der Waals surface area (Å²) in [4.78, 5) is 7.53. The van der Waals surface area contributed by atoms with Gasteiger partial charge in [-0.05, 0) is 6.07 Å². The molecule has 0 aliphatic heterocycles. The van der Waals surface area contributed by atoms with Crippen LogP contribution in [-0.4, -0.2) is 22.2 Å². The van der Waals surface area contributed by atoms with Gasteiger partial charge in [0.05, 0.1) is 0 Å². The van der Waals surface area contributed by atoms with Gasteiger partial charge in [0.15, 0.2) is 5.82 Å². The van der Waals surface area contributed by atoms with Crippen molar-refractivity contribution in [1.82, 2.24) is 9.97 Å². The van der Waals surface area contributed by atoms with Crippen molar-refractivity contribution in [2.45, 2.75) is 6.29 Å². The van der Waals surface area contributed by atoms with Crippen LogP contribution >= 0.6 is 0 Å². The fourth-order valence-corrected chi connectivity index (χ4v) is 0.544. The fourth-order valence-electron chi connectivity index (χ4n) is 0.544. The van der Waals surface area contributed by atoms with Crippen LogP contribution in [0.1, 0.15) is 12.1 Å². The average molecular weight is 140 g/mol. The highest BCUT2D eigenvalue weighted by Crippen LogP contribution is 2.03. The molecule has 10 heavy (non-hydrogen) atoms. The summed E-state index contributed by atoms with van der Waals surface area (Å²) in [5.41, 5.74) is 0. The van der Waals surface area contributed by atoms with E-state index in [1.807, 2.05) is 0 Å². The molecule has 0 fully saturated rings. The molecule has 4 nitrogen and oxygen atoms in total. The monoisotopic (exact) mass is 140 g/mol. The van der Waals surface area contributed by atoms with Crippen molar-refractivity contribution in [2.75, 3.05) is 7.11 Å². The lowest BCUT2D eigenvalue weighted by Crippen LogP contribution is -2.03. The molecule has 4 heteroatoms. The second kappa shape index (κ2) is 3.24. The zero-order valence-corrected chi connectivity index (χ0v) is 5.56. The van der Waals surface area contributed by atoms with Crippen LogP contribution in [0.3, 0.4) is 0 Å². The maximum atomic E-state index is 8.98. The molecular weight excluding hydrogens is 132 g/mol. The van der Waals surface area contributed by atoms with Gasteiger partial charge in [0.2, 0.25) is 6.29 Å². The van der Waals surface area contributed by atoms with Crippen molar-refractivity contribution in [3.8, 4) is 0 Å². The minimum absolute atomic E-state index is 0.282. The Morgan fingerprint density at radius 2 is 2.10 bits per heavy atom. The Hall–Kier alpha value is -1.00. The first kappa shape index (κ1) is 7.11. The molecule has 1 aromatic heterocycles. The smallest absolute Gasteiger partial charge is 0.216 e. The molecule has 0 saturated heterocycles. The van der Waals surface area contributed by atoms with E-state index < -0.39 is 6.29 Å². The van der Waals surface area contributed by atoms with E-state index >= 15 is 0 Å². The lowest BCUT2D eigenvalue weighted by molar-refractivity contribution is -0.0830. The molecule has 0 saturated carbocycles. The minimum Gasteiger partial charge on any atom is -0.362 e. The standard InChI is InChI=1S/C6H8N2O2/c1-10-6(9)5-7-3-2-4-8-5/h2-4,6,9H,1H3. The fraction of sp³-hybridized carbons (Fsp3) is 0.333. The van der Waals surface area contributed by atoms with E-state index in [9.17, 15) is 0 Å². The van der Waals surface area contributed by atoms with Gasteiger partial charge in [0, 0.05) is 19.5 Å². The van der Waals surface area contributed by atoms with Gasteiger partial charge in [-0.1, -0.05) is 0 Å². The summed E-state index contributed by atoms with van der Waals surface area (Å²) in [5.74, 6) is 0.282. The van der Waals surface area contributed by atoms with Gasteiger partial charge in [-0.15, -0.1) is 0 Å². The number of aromatic nitrogens is 2. The summed E-state index contributed by atoms with van der Waals surface area (Å²) in [7, 11) is 1.39. The predicted molar refractivity (Wildman–Crippen MR) is 34.0 cm³/mol. The van der Waals surface area contributed by atoms with Gasteiger partial charge < -0.3 is 9.84 Å². The summed E-state index contributed by atoms with van der Waals surface area (Å²) >= 11 is 0. The van der Waals surface area contributed by atoms with Gasteiger partial charge in [-0.3, -0.25) is 0 Å². The van der Waals surface area contributed by atoms with Crippen molar-refractivity contribution in [1.29, 1.82) is 0 Å². The second-order valence-corrected chi connectivity index (χ2v) is 1.70. The highest BCUT2D eigenvalue weighted by atomic mass is 16.6. The Kier molecular flexibility index (Phi) is 2.30. The van der Waals surface area contributed by atoms with Crippen LogP contribution in [-0.2, 0) is 4.74 Å². The maximum Gasteiger partial charge on any atom is 0.216 e. The largest absolute Gasteiger partial charge is 0.362 e. The molecule has 1 heterocycles. The van der Waals surface area contributed by atoms with Crippen LogP contribution in [0.5, 0.6) is 0 Å². The minimum atomic E-state index is -1.01. The van der Waals surface area contributed by atoms with Crippen LogP contribution < -0.4 is 0 Å². The normalized spacial score (nSPS) is 13.0. The van der Waals surface area contributed by atoms with Gasteiger partial charge in [0.25, 0.3) is 0 Å². The van der Waals surface area contributed by atoms with Crippen molar-refractivity contribution in [3.63, 3.8) is 0 Å². The molecule has 0 radical (unpaired) electrons. The van der Waals surface area contributed by atoms with E-state index in [0.717, 1.165) is 0 Å². The number of methoxy groups -OCH3 is 1. The molecule has 0 bridgehead atoms. The van der Waals surface area contributed by atoms with E-state index in [-0.39, 0.29) is 5.82 Å². The summed E-state index contributed by atoms with van der Waals surface area (Å²) in [5, 5.41) is 8.98. The molecule has 1 atom stereocenters. The van der Waals surface area contributed by atoms with Gasteiger partial charge in [0.1, 0.15) is 0 Å². The van der Waals surface area contributed by atoms with E-state index in [4.69, 9.17) is 5.11 Å². The Morgan fingerprint density at radius 1 is 1.50 bits per heavy atom. The summed E-state index contributed by atoms with van der Waals surface area (Å²) < 4.78 is 4.57. The Labute approximate surface area is 58.5 Å². The maximum absolute atomic E-state index is 8.98. The number of aliphatic hydroxyl groups is 1. The molecule has 1 rings (SSSR count).